The third-order valence-electron chi connectivity index (χ3n) is 3.96. The predicted molar refractivity (Wildman–Crippen MR) is 88.7 cm³/mol. The van der Waals surface area contributed by atoms with Crippen molar-refractivity contribution in [1.82, 2.24) is 15.1 Å². The molecule has 0 bridgehead atoms. The highest BCUT2D eigenvalue weighted by atomic mass is 35.5. The van der Waals surface area contributed by atoms with Gasteiger partial charge in [-0.05, 0) is 30.3 Å². The standard InChI is InChI=1S/C17H13ClN4O2/c18-13-4-1-5-14(8-13)22-10-12(7-15(22)23)17-20-16(21-24-17)11-3-2-6-19-9-11/h1-6,8-9,12H,7,10H2/t12-/m1/s1. The van der Waals surface area contributed by atoms with E-state index in [2.05, 4.69) is 15.1 Å². The second kappa shape index (κ2) is 6.05. The van der Waals surface area contributed by atoms with Crippen LogP contribution in [0.2, 0.25) is 5.02 Å². The second-order valence-corrected chi connectivity index (χ2v) is 6.02. The second-order valence-electron chi connectivity index (χ2n) is 5.58. The fourth-order valence-corrected chi connectivity index (χ4v) is 2.96. The summed E-state index contributed by atoms with van der Waals surface area (Å²) < 4.78 is 5.37. The molecule has 24 heavy (non-hydrogen) atoms. The van der Waals surface area contributed by atoms with Gasteiger partial charge in [0.2, 0.25) is 17.6 Å². The minimum absolute atomic E-state index is 0.0170. The van der Waals surface area contributed by atoms with E-state index in [-0.39, 0.29) is 11.8 Å². The molecule has 0 aliphatic carbocycles. The van der Waals surface area contributed by atoms with Crippen LogP contribution in [0.15, 0.2) is 53.3 Å². The van der Waals surface area contributed by atoms with Crippen molar-refractivity contribution in [3.63, 3.8) is 0 Å². The maximum absolute atomic E-state index is 12.3. The average Bonchev–Trinajstić information content (AvgIpc) is 3.22. The number of rotatable bonds is 3. The van der Waals surface area contributed by atoms with Crippen LogP contribution in [0, 0.1) is 0 Å². The van der Waals surface area contributed by atoms with E-state index in [0.717, 1.165) is 11.3 Å². The summed E-state index contributed by atoms with van der Waals surface area (Å²) in [6.07, 6.45) is 3.69. The average molecular weight is 341 g/mol. The van der Waals surface area contributed by atoms with Gasteiger partial charge in [-0.3, -0.25) is 9.78 Å². The third kappa shape index (κ3) is 2.76. The van der Waals surface area contributed by atoms with Crippen LogP contribution in [-0.4, -0.2) is 27.6 Å². The Bertz CT molecular complexity index is 881. The number of nitrogens with zero attached hydrogens (tertiary/aromatic N) is 4. The maximum atomic E-state index is 12.3. The Hall–Kier alpha value is -2.73. The minimum Gasteiger partial charge on any atom is -0.339 e. The topological polar surface area (TPSA) is 72.1 Å². The van der Waals surface area contributed by atoms with Crippen molar-refractivity contribution >= 4 is 23.2 Å². The number of anilines is 1. The lowest BCUT2D eigenvalue weighted by Gasteiger charge is -2.16. The number of pyridine rings is 1. The molecular formula is C17H13ClN4O2. The van der Waals surface area contributed by atoms with Gasteiger partial charge in [0.25, 0.3) is 0 Å². The molecule has 7 heteroatoms. The van der Waals surface area contributed by atoms with Crippen molar-refractivity contribution in [3.8, 4) is 11.4 Å². The lowest BCUT2D eigenvalue weighted by Crippen LogP contribution is -2.24. The summed E-state index contributed by atoms with van der Waals surface area (Å²) >= 11 is 6.01. The van der Waals surface area contributed by atoms with Crippen LogP contribution in [0.5, 0.6) is 0 Å². The monoisotopic (exact) mass is 340 g/mol. The summed E-state index contributed by atoms with van der Waals surface area (Å²) in [5.41, 5.74) is 1.56. The molecule has 1 fully saturated rings. The molecule has 1 aromatic carbocycles. The molecule has 1 atom stereocenters. The van der Waals surface area contributed by atoms with Crippen LogP contribution in [0.3, 0.4) is 0 Å². The Labute approximate surface area is 143 Å². The molecule has 0 N–H and O–H groups in total. The van der Waals surface area contributed by atoms with Crippen molar-refractivity contribution in [1.29, 1.82) is 0 Å². The Morgan fingerprint density at radius 1 is 1.25 bits per heavy atom. The lowest BCUT2D eigenvalue weighted by atomic mass is 10.1. The molecule has 1 aliphatic rings. The SMILES string of the molecule is O=C1C[C@@H](c2nc(-c3cccnc3)no2)CN1c1cccc(Cl)c1. The summed E-state index contributed by atoms with van der Waals surface area (Å²) in [7, 11) is 0. The zero-order chi connectivity index (χ0) is 16.5. The minimum atomic E-state index is -0.130. The molecule has 0 saturated carbocycles. The van der Waals surface area contributed by atoms with Crippen LogP contribution in [-0.2, 0) is 4.79 Å². The number of carbonyl (C=O) groups is 1. The Morgan fingerprint density at radius 3 is 2.96 bits per heavy atom. The van der Waals surface area contributed by atoms with Crippen LogP contribution >= 0.6 is 11.6 Å². The first-order valence-corrected chi connectivity index (χ1v) is 7.88. The van der Waals surface area contributed by atoms with Gasteiger partial charge in [0.1, 0.15) is 0 Å². The van der Waals surface area contributed by atoms with Crippen LogP contribution < -0.4 is 4.90 Å². The van der Waals surface area contributed by atoms with Gasteiger partial charge in [-0.15, -0.1) is 0 Å². The summed E-state index contributed by atoms with van der Waals surface area (Å²) in [4.78, 5) is 22.5. The Kier molecular flexibility index (Phi) is 3.74. The fourth-order valence-electron chi connectivity index (χ4n) is 2.78. The smallest absolute Gasteiger partial charge is 0.232 e. The fraction of sp³-hybridized carbons (Fsp3) is 0.176. The number of carbonyl (C=O) groups excluding carboxylic acids is 1. The van der Waals surface area contributed by atoms with Gasteiger partial charge in [-0.1, -0.05) is 22.8 Å². The van der Waals surface area contributed by atoms with E-state index in [1.165, 1.54) is 0 Å². The summed E-state index contributed by atoms with van der Waals surface area (Å²) in [6.45, 7) is 0.494. The van der Waals surface area contributed by atoms with Crippen molar-refractivity contribution in [2.75, 3.05) is 11.4 Å². The van der Waals surface area contributed by atoms with Crippen molar-refractivity contribution in [2.24, 2.45) is 0 Å². The quantitative estimate of drug-likeness (QED) is 0.731. The van der Waals surface area contributed by atoms with Crippen molar-refractivity contribution < 1.29 is 9.32 Å². The first-order chi connectivity index (χ1) is 11.7. The van der Waals surface area contributed by atoms with Gasteiger partial charge in [-0.2, -0.15) is 4.98 Å². The lowest BCUT2D eigenvalue weighted by molar-refractivity contribution is -0.117. The third-order valence-corrected chi connectivity index (χ3v) is 4.19. The van der Waals surface area contributed by atoms with E-state index in [9.17, 15) is 4.79 Å². The molecule has 1 amide bonds. The molecule has 4 rings (SSSR count). The molecule has 0 spiro atoms. The highest BCUT2D eigenvalue weighted by Crippen LogP contribution is 2.32. The normalized spacial score (nSPS) is 17.5. The number of benzene rings is 1. The van der Waals surface area contributed by atoms with Gasteiger partial charge in [-0.25, -0.2) is 0 Å². The molecule has 2 aromatic heterocycles. The summed E-state index contributed by atoms with van der Waals surface area (Å²) in [5, 5.41) is 4.59. The number of aromatic nitrogens is 3. The van der Waals surface area contributed by atoms with Gasteiger partial charge < -0.3 is 9.42 Å². The Balaban J connectivity index is 1.56. The number of hydrogen-bond donors (Lipinski definition) is 0. The molecule has 1 aliphatic heterocycles. The van der Waals surface area contributed by atoms with Crippen molar-refractivity contribution in [2.45, 2.75) is 12.3 Å². The molecule has 0 radical (unpaired) electrons. The van der Waals surface area contributed by atoms with Crippen LogP contribution in [0.25, 0.3) is 11.4 Å². The molecule has 6 nitrogen and oxygen atoms in total. The van der Waals surface area contributed by atoms with Crippen molar-refractivity contribution in [3.05, 3.63) is 59.7 Å². The first-order valence-electron chi connectivity index (χ1n) is 7.50. The van der Waals surface area contributed by atoms with Gasteiger partial charge in [0, 0.05) is 41.6 Å². The maximum Gasteiger partial charge on any atom is 0.232 e. The highest BCUT2D eigenvalue weighted by molar-refractivity contribution is 6.30. The molecule has 3 aromatic rings. The zero-order valence-electron chi connectivity index (χ0n) is 12.6. The predicted octanol–water partition coefficient (Wildman–Crippen LogP) is 3.31. The molecule has 3 heterocycles. The van der Waals surface area contributed by atoms with Gasteiger partial charge in [0.05, 0.1) is 5.92 Å². The van der Waals surface area contributed by atoms with E-state index in [1.54, 1.807) is 29.4 Å². The van der Waals surface area contributed by atoms with Gasteiger partial charge >= 0.3 is 0 Å². The summed E-state index contributed by atoms with van der Waals surface area (Å²) in [5.74, 6) is 0.830. The molecular weight excluding hydrogens is 328 g/mol. The zero-order valence-corrected chi connectivity index (χ0v) is 13.3. The molecule has 0 unspecified atom stereocenters. The molecule has 120 valence electrons. The van der Waals surface area contributed by atoms with Gasteiger partial charge in [0.15, 0.2) is 0 Å². The van der Waals surface area contributed by atoms with E-state index >= 15 is 0 Å². The first kappa shape index (κ1) is 14.8. The van der Waals surface area contributed by atoms with E-state index in [4.69, 9.17) is 16.1 Å². The highest BCUT2D eigenvalue weighted by Gasteiger charge is 2.35. The van der Waals surface area contributed by atoms with Crippen LogP contribution in [0.4, 0.5) is 5.69 Å². The molecule has 1 saturated heterocycles. The Morgan fingerprint density at radius 2 is 2.17 bits per heavy atom. The van der Waals surface area contributed by atoms with E-state index < -0.39 is 0 Å². The largest absolute Gasteiger partial charge is 0.339 e. The number of amides is 1. The van der Waals surface area contributed by atoms with E-state index in [0.29, 0.717) is 29.7 Å². The summed E-state index contributed by atoms with van der Waals surface area (Å²) in [6, 6.07) is 10.9. The van der Waals surface area contributed by atoms with Crippen LogP contribution in [0.1, 0.15) is 18.2 Å². The number of halogens is 1. The number of hydrogen-bond acceptors (Lipinski definition) is 5. The van der Waals surface area contributed by atoms with E-state index in [1.807, 2.05) is 24.3 Å².